The van der Waals surface area contributed by atoms with Crippen LogP contribution in [0.3, 0.4) is 0 Å². The maximum atomic E-state index is 13.9. The van der Waals surface area contributed by atoms with Gasteiger partial charge < -0.3 is 10.1 Å². The first-order valence-electron chi connectivity index (χ1n) is 12.9. The first-order valence-corrected chi connectivity index (χ1v) is 15.0. The van der Waals surface area contributed by atoms with E-state index in [1.165, 1.54) is 12.3 Å². The summed E-state index contributed by atoms with van der Waals surface area (Å²) in [6.45, 7) is 5.94. The molecule has 3 aromatic rings. The van der Waals surface area contributed by atoms with Gasteiger partial charge in [-0.3, -0.25) is 14.3 Å². The lowest BCUT2D eigenvalue weighted by Crippen LogP contribution is -2.38. The molecule has 1 saturated heterocycles. The van der Waals surface area contributed by atoms with E-state index < -0.39 is 9.84 Å². The number of aryl methyl sites for hydroxylation is 1. The Balaban J connectivity index is 1.40. The molecule has 0 bridgehead atoms. The van der Waals surface area contributed by atoms with Gasteiger partial charge in [0.25, 0.3) is 5.56 Å². The molecule has 2 saturated carbocycles. The van der Waals surface area contributed by atoms with Crippen LogP contribution in [-0.2, 0) is 27.5 Å². The van der Waals surface area contributed by atoms with Gasteiger partial charge in [-0.05, 0) is 61.8 Å². The number of sulfone groups is 1. The molecule has 4 atom stereocenters. The fourth-order valence-electron chi connectivity index (χ4n) is 6.48. The van der Waals surface area contributed by atoms with E-state index in [1.54, 1.807) is 17.6 Å². The van der Waals surface area contributed by atoms with E-state index >= 15 is 0 Å². The minimum Gasteiger partial charge on any atom is -0.360 e. The lowest BCUT2D eigenvalue weighted by Gasteiger charge is -2.31. The standard InChI is InChI=1S/C26H30ClN5O4S/c1-4-15-11-19-23(31-21(15)27)32(20-12-16-9-10-26(16)25(20,5-2)36-26)24(33)22(30-19)29-13-17-7-8-18(14-28-17)37(34,35)6-3/h7-8,11,14,16,20H,4-6,9-10,12-13H2,1-3H3,(H,29,30). The van der Waals surface area contributed by atoms with Gasteiger partial charge in [-0.2, -0.15) is 0 Å². The summed E-state index contributed by atoms with van der Waals surface area (Å²) in [6.07, 6.45) is 5.89. The molecular formula is C26H30ClN5O4S. The third-order valence-corrected chi connectivity index (χ3v) is 10.7. The average molecular weight is 544 g/mol. The van der Waals surface area contributed by atoms with Crippen molar-refractivity contribution in [3.63, 3.8) is 0 Å². The number of fused-ring (bicyclic) bond motifs is 1. The largest absolute Gasteiger partial charge is 0.360 e. The fourth-order valence-corrected chi connectivity index (χ4v) is 7.57. The SMILES string of the molecule is CCc1cc2nc(NCc3ccc(S(=O)(=O)CC)cn3)c(=O)n(C3CC4CCC45OC35CC)c2nc1Cl. The van der Waals surface area contributed by atoms with Crippen molar-refractivity contribution >= 4 is 38.4 Å². The molecule has 37 heavy (non-hydrogen) atoms. The predicted octanol–water partition coefficient (Wildman–Crippen LogP) is 4.08. The molecule has 11 heteroatoms. The number of rotatable bonds is 8. The fraction of sp³-hybridized carbons (Fsp3) is 0.538. The minimum absolute atomic E-state index is 0.0108. The van der Waals surface area contributed by atoms with Crippen LogP contribution in [0.15, 0.2) is 34.1 Å². The number of pyridine rings is 2. The Hall–Kier alpha value is -2.56. The average Bonchev–Trinajstić information content (AvgIpc) is 3.57. The Bertz CT molecular complexity index is 1570. The van der Waals surface area contributed by atoms with Gasteiger partial charge in [0.2, 0.25) is 0 Å². The van der Waals surface area contributed by atoms with Crippen LogP contribution >= 0.6 is 11.6 Å². The number of aromatic nitrogens is 4. The van der Waals surface area contributed by atoms with Crippen molar-refractivity contribution in [3.8, 4) is 0 Å². The Morgan fingerprint density at radius 2 is 2.05 bits per heavy atom. The van der Waals surface area contributed by atoms with E-state index in [0.717, 1.165) is 31.2 Å². The van der Waals surface area contributed by atoms with E-state index in [-0.39, 0.29) is 45.8 Å². The molecule has 1 N–H and O–H groups in total. The second-order valence-electron chi connectivity index (χ2n) is 10.2. The number of ether oxygens (including phenoxy) is 1. The van der Waals surface area contributed by atoms with Crippen molar-refractivity contribution in [2.75, 3.05) is 11.1 Å². The number of nitrogens with zero attached hydrogens (tertiary/aromatic N) is 4. The lowest BCUT2D eigenvalue weighted by molar-refractivity contribution is 0.0701. The third-order valence-electron chi connectivity index (χ3n) is 8.69. The van der Waals surface area contributed by atoms with Crippen molar-refractivity contribution in [3.05, 3.63) is 51.2 Å². The van der Waals surface area contributed by atoms with Gasteiger partial charge in [0, 0.05) is 6.20 Å². The molecule has 0 amide bonds. The zero-order valence-electron chi connectivity index (χ0n) is 21.1. The predicted molar refractivity (Wildman–Crippen MR) is 141 cm³/mol. The van der Waals surface area contributed by atoms with E-state index in [9.17, 15) is 13.2 Å². The summed E-state index contributed by atoms with van der Waals surface area (Å²) in [7, 11) is -3.33. The molecule has 3 aliphatic rings. The van der Waals surface area contributed by atoms with E-state index in [1.807, 2.05) is 13.0 Å². The Labute approximate surface area is 220 Å². The van der Waals surface area contributed by atoms with Crippen LogP contribution in [-0.4, -0.2) is 44.9 Å². The summed E-state index contributed by atoms with van der Waals surface area (Å²) in [5.41, 5.74) is 1.81. The first-order chi connectivity index (χ1) is 17.7. The highest BCUT2D eigenvalue weighted by Crippen LogP contribution is 2.76. The van der Waals surface area contributed by atoms with E-state index in [2.05, 4.69) is 27.2 Å². The number of hydrogen-bond donors (Lipinski definition) is 1. The Kier molecular flexibility index (Phi) is 5.67. The summed E-state index contributed by atoms with van der Waals surface area (Å²) in [6, 6.07) is 4.95. The Morgan fingerprint density at radius 3 is 2.65 bits per heavy atom. The van der Waals surface area contributed by atoms with Gasteiger partial charge in [-0.15, -0.1) is 0 Å². The molecule has 4 unspecified atom stereocenters. The number of epoxide rings is 1. The molecule has 9 nitrogen and oxygen atoms in total. The number of halogens is 1. The number of nitrogens with one attached hydrogen (secondary N) is 1. The van der Waals surface area contributed by atoms with Gasteiger partial charge in [-0.25, -0.2) is 18.4 Å². The van der Waals surface area contributed by atoms with Crippen LogP contribution in [0, 0.1) is 5.92 Å². The van der Waals surface area contributed by atoms with E-state index in [4.69, 9.17) is 16.3 Å². The molecule has 3 fully saturated rings. The Morgan fingerprint density at radius 1 is 1.24 bits per heavy atom. The summed E-state index contributed by atoms with van der Waals surface area (Å²) in [5, 5.41) is 3.53. The second-order valence-corrected chi connectivity index (χ2v) is 12.9. The first kappa shape index (κ1) is 24.8. The van der Waals surface area contributed by atoms with E-state index in [0.29, 0.717) is 34.3 Å². The van der Waals surface area contributed by atoms with Crippen LogP contribution in [0.25, 0.3) is 11.2 Å². The van der Waals surface area contributed by atoms with Crippen molar-refractivity contribution in [2.45, 2.75) is 81.6 Å². The number of anilines is 1. The van der Waals surface area contributed by atoms with Gasteiger partial charge in [-0.1, -0.05) is 32.4 Å². The molecule has 196 valence electrons. The zero-order valence-corrected chi connectivity index (χ0v) is 22.7. The quantitative estimate of drug-likeness (QED) is 0.333. The van der Waals surface area contributed by atoms with Crippen molar-refractivity contribution < 1.29 is 13.2 Å². The normalized spacial score (nSPS) is 28.0. The molecule has 2 aliphatic carbocycles. The van der Waals surface area contributed by atoms with Crippen molar-refractivity contribution in [2.24, 2.45) is 5.92 Å². The smallest absolute Gasteiger partial charge is 0.295 e. The van der Waals surface area contributed by atoms with Gasteiger partial charge in [0.1, 0.15) is 21.9 Å². The maximum absolute atomic E-state index is 13.9. The molecule has 0 aromatic carbocycles. The van der Waals surface area contributed by atoms with Crippen LogP contribution in [0.2, 0.25) is 5.15 Å². The zero-order chi connectivity index (χ0) is 26.2. The molecular weight excluding hydrogens is 514 g/mol. The topological polar surface area (TPSA) is 119 Å². The highest BCUT2D eigenvalue weighted by molar-refractivity contribution is 7.91. The van der Waals surface area contributed by atoms with Crippen LogP contribution in [0.1, 0.15) is 63.8 Å². The van der Waals surface area contributed by atoms with Crippen molar-refractivity contribution in [1.82, 2.24) is 19.5 Å². The third kappa shape index (κ3) is 3.48. The highest BCUT2D eigenvalue weighted by atomic mass is 35.5. The molecule has 1 spiro atoms. The highest BCUT2D eigenvalue weighted by Gasteiger charge is 2.83. The number of hydrogen-bond acceptors (Lipinski definition) is 8. The van der Waals surface area contributed by atoms with Crippen molar-refractivity contribution in [1.29, 1.82) is 0 Å². The molecule has 6 rings (SSSR count). The summed E-state index contributed by atoms with van der Waals surface area (Å²) in [5.74, 6) is 0.666. The summed E-state index contributed by atoms with van der Waals surface area (Å²) >= 11 is 6.50. The van der Waals surface area contributed by atoms with Gasteiger partial charge in [0.05, 0.1) is 28.9 Å². The molecule has 4 heterocycles. The van der Waals surface area contributed by atoms with Crippen LogP contribution in [0.5, 0.6) is 0 Å². The second kappa shape index (κ2) is 8.47. The molecule has 0 radical (unpaired) electrons. The maximum Gasteiger partial charge on any atom is 0.295 e. The monoisotopic (exact) mass is 543 g/mol. The minimum atomic E-state index is -3.33. The van der Waals surface area contributed by atoms with Gasteiger partial charge >= 0.3 is 0 Å². The van der Waals surface area contributed by atoms with Crippen LogP contribution in [0.4, 0.5) is 5.82 Å². The van der Waals surface area contributed by atoms with Crippen LogP contribution < -0.4 is 10.9 Å². The lowest BCUT2D eigenvalue weighted by atomic mass is 9.71. The summed E-state index contributed by atoms with van der Waals surface area (Å²) < 4.78 is 32.4. The van der Waals surface area contributed by atoms with Gasteiger partial charge in [0.15, 0.2) is 21.3 Å². The molecule has 3 aromatic heterocycles. The molecule has 1 aliphatic heterocycles. The summed E-state index contributed by atoms with van der Waals surface area (Å²) in [4.78, 5) is 27.7.